The van der Waals surface area contributed by atoms with E-state index in [0.717, 1.165) is 11.3 Å². The molecule has 0 saturated carbocycles. The minimum atomic E-state index is -0.278. The molecule has 1 aromatic heterocycles. The van der Waals surface area contributed by atoms with E-state index in [2.05, 4.69) is 10.5 Å². The maximum atomic E-state index is 12.5. The van der Waals surface area contributed by atoms with Crippen molar-refractivity contribution in [2.24, 2.45) is 0 Å². The zero-order valence-electron chi connectivity index (χ0n) is 15.6. The van der Waals surface area contributed by atoms with E-state index in [1.807, 2.05) is 19.9 Å². The first kappa shape index (κ1) is 19.0. The number of anilines is 1. The molecule has 3 rings (SSSR count). The van der Waals surface area contributed by atoms with E-state index < -0.39 is 0 Å². The summed E-state index contributed by atoms with van der Waals surface area (Å²) in [6.07, 6.45) is 0. The van der Waals surface area contributed by atoms with E-state index in [4.69, 9.17) is 19.3 Å². The van der Waals surface area contributed by atoms with Crippen molar-refractivity contribution < 1.29 is 18.8 Å². The van der Waals surface area contributed by atoms with Crippen LogP contribution in [-0.4, -0.2) is 17.7 Å². The number of hydrogen-bond acceptors (Lipinski definition) is 6. The minimum Gasteiger partial charge on any atom is -0.489 e. The Balaban J connectivity index is 1.66. The summed E-state index contributed by atoms with van der Waals surface area (Å²) < 4.78 is 16.2. The van der Waals surface area contributed by atoms with Crippen molar-refractivity contribution in [2.45, 2.75) is 20.5 Å². The van der Waals surface area contributed by atoms with Crippen LogP contribution in [0.5, 0.6) is 11.5 Å². The fraction of sp³-hybridized carbons (Fsp3) is 0.190. The molecule has 0 fully saturated rings. The zero-order chi connectivity index (χ0) is 19.9. The summed E-state index contributed by atoms with van der Waals surface area (Å²) in [5, 5.41) is 15.3. The second-order valence-corrected chi connectivity index (χ2v) is 6.05. The molecule has 3 aromatic rings. The molecule has 7 heteroatoms. The van der Waals surface area contributed by atoms with Crippen LogP contribution in [0.2, 0.25) is 0 Å². The number of ether oxygens (including phenoxy) is 2. The van der Waals surface area contributed by atoms with Crippen LogP contribution in [0.15, 0.2) is 53.1 Å². The number of hydrogen-bond donors (Lipinski definition) is 1. The van der Waals surface area contributed by atoms with Gasteiger partial charge in [0, 0.05) is 17.3 Å². The molecule has 1 N–H and O–H groups in total. The van der Waals surface area contributed by atoms with E-state index in [9.17, 15) is 4.79 Å². The molecule has 1 heterocycles. The molecule has 28 heavy (non-hydrogen) atoms. The average molecular weight is 377 g/mol. The third-order valence-corrected chi connectivity index (χ3v) is 4.06. The van der Waals surface area contributed by atoms with Crippen molar-refractivity contribution in [1.82, 2.24) is 5.16 Å². The first-order valence-corrected chi connectivity index (χ1v) is 8.62. The third-order valence-electron chi connectivity index (χ3n) is 4.06. The van der Waals surface area contributed by atoms with Gasteiger partial charge in [-0.15, -0.1) is 0 Å². The van der Waals surface area contributed by atoms with Gasteiger partial charge in [0.05, 0.1) is 11.3 Å². The van der Waals surface area contributed by atoms with Crippen molar-refractivity contribution in [1.29, 1.82) is 5.26 Å². The van der Waals surface area contributed by atoms with Crippen molar-refractivity contribution in [3.05, 3.63) is 71.1 Å². The Labute approximate surface area is 162 Å². The highest BCUT2D eigenvalue weighted by Gasteiger charge is 2.11. The zero-order valence-corrected chi connectivity index (χ0v) is 15.6. The number of aromatic nitrogens is 1. The summed E-state index contributed by atoms with van der Waals surface area (Å²) in [7, 11) is 0. The number of nitrogens with zero attached hydrogens (tertiary/aromatic N) is 2. The van der Waals surface area contributed by atoms with Gasteiger partial charge in [-0.2, -0.15) is 5.26 Å². The van der Waals surface area contributed by atoms with E-state index in [0.29, 0.717) is 35.1 Å². The van der Waals surface area contributed by atoms with Gasteiger partial charge in [0.2, 0.25) is 0 Å². The van der Waals surface area contributed by atoms with Gasteiger partial charge in [-0.05, 0) is 44.2 Å². The fourth-order valence-corrected chi connectivity index (χ4v) is 2.57. The number of benzene rings is 2. The number of amides is 1. The molecule has 0 atom stereocenters. The summed E-state index contributed by atoms with van der Waals surface area (Å²) in [4.78, 5) is 12.5. The first-order chi connectivity index (χ1) is 13.6. The van der Waals surface area contributed by atoms with Crippen molar-refractivity contribution in [3.63, 3.8) is 0 Å². The monoisotopic (exact) mass is 377 g/mol. The second kappa shape index (κ2) is 8.73. The Bertz CT molecular complexity index is 1000. The van der Waals surface area contributed by atoms with E-state index in [1.54, 1.807) is 48.5 Å². The SMILES string of the molecule is Cc1noc(C)c1COc1cccc(C(=O)Nc2cccc(OCC#N)c2)c1. The lowest BCUT2D eigenvalue weighted by atomic mass is 10.2. The largest absolute Gasteiger partial charge is 0.489 e. The Kier molecular flexibility index (Phi) is 5.92. The van der Waals surface area contributed by atoms with Gasteiger partial charge in [0.25, 0.3) is 5.91 Å². The van der Waals surface area contributed by atoms with Crippen molar-refractivity contribution in [2.75, 3.05) is 11.9 Å². The predicted molar refractivity (Wildman–Crippen MR) is 102 cm³/mol. The van der Waals surface area contributed by atoms with E-state index >= 15 is 0 Å². The van der Waals surface area contributed by atoms with Crippen molar-refractivity contribution in [3.8, 4) is 17.6 Å². The van der Waals surface area contributed by atoms with Gasteiger partial charge < -0.3 is 19.3 Å². The molecule has 1 amide bonds. The number of carbonyl (C=O) groups excluding carboxylic acids is 1. The number of carbonyl (C=O) groups is 1. The van der Waals surface area contributed by atoms with Crippen LogP contribution < -0.4 is 14.8 Å². The Morgan fingerprint density at radius 2 is 1.89 bits per heavy atom. The van der Waals surface area contributed by atoms with Crippen LogP contribution in [0, 0.1) is 25.2 Å². The highest BCUT2D eigenvalue weighted by Crippen LogP contribution is 2.21. The van der Waals surface area contributed by atoms with Gasteiger partial charge in [0.1, 0.15) is 29.9 Å². The normalized spacial score (nSPS) is 10.2. The van der Waals surface area contributed by atoms with Gasteiger partial charge in [-0.1, -0.05) is 17.3 Å². The smallest absolute Gasteiger partial charge is 0.255 e. The molecule has 0 radical (unpaired) electrons. The molecule has 2 aromatic carbocycles. The lowest BCUT2D eigenvalue weighted by molar-refractivity contribution is 0.102. The molecule has 0 unspecified atom stereocenters. The second-order valence-electron chi connectivity index (χ2n) is 6.05. The molecular formula is C21H19N3O4. The number of nitrogens with one attached hydrogen (secondary N) is 1. The van der Waals surface area contributed by atoms with Gasteiger partial charge >= 0.3 is 0 Å². The maximum absolute atomic E-state index is 12.5. The van der Waals surface area contributed by atoms with Gasteiger partial charge in [-0.25, -0.2) is 0 Å². The lowest BCUT2D eigenvalue weighted by Crippen LogP contribution is -2.12. The molecule has 0 aliphatic rings. The topological polar surface area (TPSA) is 97.4 Å². The van der Waals surface area contributed by atoms with Crippen molar-refractivity contribution >= 4 is 11.6 Å². The summed E-state index contributed by atoms with van der Waals surface area (Å²) in [5.74, 6) is 1.51. The lowest BCUT2D eigenvalue weighted by Gasteiger charge is -2.10. The molecule has 0 bridgehead atoms. The molecular weight excluding hydrogens is 358 g/mol. The third kappa shape index (κ3) is 4.68. The highest BCUT2D eigenvalue weighted by atomic mass is 16.5. The highest BCUT2D eigenvalue weighted by molar-refractivity contribution is 6.04. The van der Waals surface area contributed by atoms with Crippen LogP contribution in [-0.2, 0) is 6.61 Å². The summed E-state index contributed by atoms with van der Waals surface area (Å²) in [6, 6.07) is 15.7. The predicted octanol–water partition coefficient (Wildman–Crippen LogP) is 4.03. The van der Waals surface area contributed by atoms with E-state index in [1.165, 1.54) is 0 Å². The van der Waals surface area contributed by atoms with Gasteiger partial charge in [0.15, 0.2) is 6.61 Å². The molecule has 0 saturated heterocycles. The Morgan fingerprint density at radius 1 is 1.14 bits per heavy atom. The van der Waals surface area contributed by atoms with Crippen LogP contribution >= 0.6 is 0 Å². The van der Waals surface area contributed by atoms with Crippen LogP contribution in [0.3, 0.4) is 0 Å². The standard InChI is InChI=1S/C21H19N3O4/c1-14-20(15(2)28-24-14)13-27-18-7-3-5-16(11-18)21(25)23-17-6-4-8-19(12-17)26-10-9-22/h3-8,11-12H,10,13H2,1-2H3,(H,23,25). The average Bonchev–Trinajstić information content (AvgIpc) is 3.03. The van der Waals surface area contributed by atoms with Crippen LogP contribution in [0.4, 0.5) is 5.69 Å². The summed E-state index contributed by atoms with van der Waals surface area (Å²) in [6.45, 7) is 3.94. The van der Waals surface area contributed by atoms with Crippen LogP contribution in [0.1, 0.15) is 27.4 Å². The first-order valence-electron chi connectivity index (χ1n) is 8.62. The van der Waals surface area contributed by atoms with Gasteiger partial charge in [-0.3, -0.25) is 4.79 Å². The molecule has 7 nitrogen and oxygen atoms in total. The Morgan fingerprint density at radius 3 is 2.61 bits per heavy atom. The number of aryl methyl sites for hydroxylation is 2. The van der Waals surface area contributed by atoms with Crippen LogP contribution in [0.25, 0.3) is 0 Å². The maximum Gasteiger partial charge on any atom is 0.255 e. The molecule has 0 aliphatic carbocycles. The molecule has 0 spiro atoms. The molecule has 142 valence electrons. The number of rotatable bonds is 7. The summed E-state index contributed by atoms with van der Waals surface area (Å²) >= 11 is 0. The fourth-order valence-electron chi connectivity index (χ4n) is 2.57. The number of nitriles is 1. The Hall–Kier alpha value is -3.79. The summed E-state index contributed by atoms with van der Waals surface area (Å²) in [5.41, 5.74) is 2.70. The van der Waals surface area contributed by atoms with E-state index in [-0.39, 0.29) is 12.5 Å². The minimum absolute atomic E-state index is 0.0537. The quantitative estimate of drug-likeness (QED) is 0.668. The molecule has 0 aliphatic heterocycles.